The summed E-state index contributed by atoms with van der Waals surface area (Å²) in [5.74, 6) is -0.116. The lowest BCUT2D eigenvalue weighted by Gasteiger charge is -2.32. The molecule has 0 spiro atoms. The molecule has 164 valence electrons. The van der Waals surface area contributed by atoms with E-state index in [1.165, 1.54) is 19.2 Å². The van der Waals surface area contributed by atoms with Crippen molar-refractivity contribution in [2.45, 2.75) is 32.2 Å². The normalized spacial score (nSPS) is 14.0. The van der Waals surface area contributed by atoms with Crippen LogP contribution in [0.3, 0.4) is 0 Å². The van der Waals surface area contributed by atoms with Crippen LogP contribution in [0.5, 0.6) is 5.75 Å². The summed E-state index contributed by atoms with van der Waals surface area (Å²) in [6.07, 6.45) is -3.39. The third-order valence-corrected chi connectivity index (χ3v) is 4.75. The molecular formula is C22H27F3N2O3. The summed E-state index contributed by atoms with van der Waals surface area (Å²) in [6, 6.07) is 11.4. The number of hydrogen-bond donors (Lipinski definition) is 1. The largest absolute Gasteiger partial charge is 0.496 e. The Morgan fingerprint density at radius 2 is 1.83 bits per heavy atom. The molecule has 0 aliphatic rings. The number of ether oxygens (including phenoxy) is 2. The molecule has 0 aliphatic carbocycles. The molecule has 0 radical (unpaired) electrons. The van der Waals surface area contributed by atoms with Crippen molar-refractivity contribution in [3.05, 3.63) is 59.2 Å². The van der Waals surface area contributed by atoms with Crippen LogP contribution in [0.2, 0.25) is 0 Å². The third kappa shape index (κ3) is 5.52. The first-order valence-electron chi connectivity index (χ1n) is 9.46. The Labute approximate surface area is 174 Å². The Hall–Kier alpha value is -2.58. The zero-order valence-electron chi connectivity index (χ0n) is 17.5. The molecule has 0 saturated carbocycles. The Morgan fingerprint density at radius 1 is 1.17 bits per heavy atom. The molecule has 1 atom stereocenters. The number of hydrogen-bond acceptors (Lipinski definition) is 4. The van der Waals surface area contributed by atoms with E-state index >= 15 is 0 Å². The first-order valence-corrected chi connectivity index (χ1v) is 9.46. The fourth-order valence-electron chi connectivity index (χ4n) is 2.75. The van der Waals surface area contributed by atoms with Gasteiger partial charge in [-0.25, -0.2) is 4.99 Å². The lowest BCUT2D eigenvalue weighted by molar-refractivity contribution is -0.283. The Kier molecular flexibility index (Phi) is 7.86. The minimum Gasteiger partial charge on any atom is -0.496 e. The van der Waals surface area contributed by atoms with Crippen molar-refractivity contribution >= 4 is 12.0 Å². The summed E-state index contributed by atoms with van der Waals surface area (Å²) in [7, 11) is 3.08. The lowest BCUT2D eigenvalue weighted by atomic mass is 9.91. The highest BCUT2D eigenvalue weighted by atomic mass is 19.4. The summed E-state index contributed by atoms with van der Waals surface area (Å²) in [6.45, 7) is 3.27. The Balaban J connectivity index is 2.38. The van der Waals surface area contributed by atoms with Gasteiger partial charge in [0.2, 0.25) is 5.60 Å². The van der Waals surface area contributed by atoms with Gasteiger partial charge < -0.3 is 19.5 Å². The van der Waals surface area contributed by atoms with Gasteiger partial charge in [-0.3, -0.25) is 0 Å². The summed E-state index contributed by atoms with van der Waals surface area (Å²) in [5, 5.41) is 10.7. The quantitative estimate of drug-likeness (QED) is 0.473. The smallest absolute Gasteiger partial charge is 0.423 e. The topological polar surface area (TPSA) is 54.3 Å². The highest BCUT2D eigenvalue weighted by Gasteiger charge is 2.56. The van der Waals surface area contributed by atoms with E-state index in [0.29, 0.717) is 16.8 Å². The van der Waals surface area contributed by atoms with Gasteiger partial charge in [-0.15, -0.1) is 0 Å². The molecule has 2 aromatic rings. The first kappa shape index (κ1) is 23.7. The number of nitrogens with zero attached hydrogens (tertiary/aromatic N) is 2. The summed E-state index contributed by atoms with van der Waals surface area (Å²) < 4.78 is 52.3. The number of aliphatic imine (C=N–C) groups is 1. The van der Waals surface area contributed by atoms with E-state index in [2.05, 4.69) is 4.99 Å². The van der Waals surface area contributed by atoms with E-state index in [0.717, 1.165) is 6.54 Å². The van der Waals surface area contributed by atoms with Crippen LogP contribution in [-0.4, -0.2) is 49.8 Å². The van der Waals surface area contributed by atoms with E-state index in [4.69, 9.17) is 9.47 Å². The first-order chi connectivity index (χ1) is 14.1. The van der Waals surface area contributed by atoms with Crippen LogP contribution >= 0.6 is 0 Å². The van der Waals surface area contributed by atoms with Crippen LogP contribution in [0.1, 0.15) is 23.6 Å². The molecule has 1 N–H and O–H groups in total. The fraction of sp³-hybridized carbons (Fsp3) is 0.409. The predicted octanol–water partition coefficient (Wildman–Crippen LogP) is 4.58. The van der Waals surface area contributed by atoms with Crippen molar-refractivity contribution in [2.75, 3.05) is 27.3 Å². The van der Waals surface area contributed by atoms with Gasteiger partial charge in [0.15, 0.2) is 0 Å². The highest BCUT2D eigenvalue weighted by molar-refractivity contribution is 5.65. The van der Waals surface area contributed by atoms with Gasteiger partial charge in [-0.2, -0.15) is 13.2 Å². The predicted molar refractivity (Wildman–Crippen MR) is 110 cm³/mol. The van der Waals surface area contributed by atoms with E-state index in [1.807, 2.05) is 18.9 Å². The van der Waals surface area contributed by atoms with E-state index in [9.17, 15) is 18.3 Å². The molecule has 0 bridgehead atoms. The van der Waals surface area contributed by atoms with Crippen molar-refractivity contribution in [1.82, 2.24) is 4.90 Å². The Morgan fingerprint density at radius 3 is 2.40 bits per heavy atom. The monoisotopic (exact) mass is 424 g/mol. The minimum absolute atomic E-state index is 0.0632. The van der Waals surface area contributed by atoms with Crippen LogP contribution in [0.15, 0.2) is 47.5 Å². The summed E-state index contributed by atoms with van der Waals surface area (Å²) in [5.41, 5.74) is -2.02. The molecule has 2 aromatic carbocycles. The molecule has 0 amide bonds. The minimum atomic E-state index is -4.98. The number of benzene rings is 2. The number of methoxy groups -OCH3 is 1. The second kappa shape index (κ2) is 9.95. The summed E-state index contributed by atoms with van der Waals surface area (Å²) in [4.78, 5) is 6.12. The zero-order valence-corrected chi connectivity index (χ0v) is 17.5. The number of rotatable bonds is 9. The van der Waals surface area contributed by atoms with Gasteiger partial charge in [-0.05, 0) is 31.0 Å². The lowest BCUT2D eigenvalue weighted by Crippen LogP contribution is -2.46. The van der Waals surface area contributed by atoms with Gasteiger partial charge in [0.05, 0.1) is 32.3 Å². The van der Waals surface area contributed by atoms with Gasteiger partial charge >= 0.3 is 6.18 Å². The van der Waals surface area contributed by atoms with Crippen LogP contribution in [0.4, 0.5) is 18.9 Å². The average molecular weight is 424 g/mol. The van der Waals surface area contributed by atoms with Crippen molar-refractivity contribution in [1.29, 1.82) is 0 Å². The molecule has 0 aliphatic heterocycles. The van der Waals surface area contributed by atoms with Crippen molar-refractivity contribution in [3.63, 3.8) is 0 Å². The fourth-order valence-corrected chi connectivity index (χ4v) is 2.75. The SMILES string of the molecule is CCN(C)/C=N\c1cc(OC)c(C(O)(COCc2ccccc2)C(F)(F)F)cc1C. The molecule has 0 heterocycles. The van der Waals surface area contributed by atoms with Gasteiger partial charge in [0.25, 0.3) is 0 Å². The maximum absolute atomic E-state index is 13.9. The second-order valence-corrected chi connectivity index (χ2v) is 6.99. The number of halogens is 3. The molecule has 2 rings (SSSR count). The van der Waals surface area contributed by atoms with E-state index in [1.54, 1.807) is 43.6 Å². The van der Waals surface area contributed by atoms with Gasteiger partial charge in [0, 0.05) is 25.2 Å². The Bertz CT molecular complexity index is 857. The highest BCUT2D eigenvalue weighted by Crippen LogP contribution is 2.45. The molecule has 8 heteroatoms. The maximum Gasteiger partial charge on any atom is 0.423 e. The van der Waals surface area contributed by atoms with Crippen LogP contribution in [0.25, 0.3) is 0 Å². The van der Waals surface area contributed by atoms with Gasteiger partial charge in [-0.1, -0.05) is 30.3 Å². The van der Waals surface area contributed by atoms with Crippen molar-refractivity contribution in [3.8, 4) is 5.75 Å². The second-order valence-electron chi connectivity index (χ2n) is 6.99. The standard InChI is InChI=1S/C22H27F3N2O3/c1-5-27(3)15-26-19-12-20(29-4)18(11-16(19)2)21(28,22(23,24)25)14-30-13-17-9-7-6-8-10-17/h6-12,15,28H,5,13-14H2,1-4H3/b26-15-. The molecule has 1 unspecified atom stereocenters. The van der Waals surface area contributed by atoms with E-state index < -0.39 is 23.9 Å². The van der Waals surface area contributed by atoms with Crippen LogP contribution < -0.4 is 4.74 Å². The third-order valence-electron chi connectivity index (χ3n) is 4.75. The molecule has 0 saturated heterocycles. The number of alkyl halides is 3. The van der Waals surface area contributed by atoms with Crippen LogP contribution in [-0.2, 0) is 16.9 Å². The van der Waals surface area contributed by atoms with Crippen molar-refractivity contribution in [2.24, 2.45) is 4.99 Å². The number of aryl methyl sites for hydroxylation is 1. The van der Waals surface area contributed by atoms with Crippen LogP contribution in [0, 0.1) is 6.92 Å². The molecule has 30 heavy (non-hydrogen) atoms. The molecule has 0 fully saturated rings. The molecule has 5 nitrogen and oxygen atoms in total. The van der Waals surface area contributed by atoms with Gasteiger partial charge in [0.1, 0.15) is 5.75 Å². The molecule has 0 aromatic heterocycles. The van der Waals surface area contributed by atoms with Crippen molar-refractivity contribution < 1.29 is 27.8 Å². The zero-order chi connectivity index (χ0) is 22.4. The number of aliphatic hydroxyl groups is 1. The summed E-state index contributed by atoms with van der Waals surface area (Å²) >= 11 is 0. The molecular weight excluding hydrogens is 397 g/mol. The maximum atomic E-state index is 13.9. The van der Waals surface area contributed by atoms with E-state index in [-0.39, 0.29) is 12.4 Å². The average Bonchev–Trinajstić information content (AvgIpc) is 2.72.